The first-order valence-electron chi connectivity index (χ1n) is 4.20. The zero-order chi connectivity index (χ0) is 10.5. The first-order valence-corrected chi connectivity index (χ1v) is 5.39. The van der Waals surface area contributed by atoms with Crippen molar-refractivity contribution in [1.82, 2.24) is 0 Å². The van der Waals surface area contributed by atoms with Crippen molar-refractivity contribution in [3.63, 3.8) is 0 Å². The topological polar surface area (TPSA) is 25.6 Å². The number of halogens is 3. The molecule has 74 valence electrons. The van der Waals surface area contributed by atoms with Crippen LogP contribution in [0, 0.1) is 0 Å². The van der Waals surface area contributed by atoms with Gasteiger partial charge in [-0.15, -0.1) is 11.6 Å². The fraction of sp³-hybridized carbons (Fsp3) is 0.300. The molecule has 1 fully saturated rings. The molecule has 0 radical (unpaired) electrons. The van der Waals surface area contributed by atoms with Crippen LogP contribution in [0.5, 0.6) is 0 Å². The summed E-state index contributed by atoms with van der Waals surface area (Å²) in [6.45, 7) is 1.94. The van der Waals surface area contributed by atoms with E-state index in [4.69, 9.17) is 40.2 Å². The second-order valence-electron chi connectivity index (χ2n) is 3.47. The van der Waals surface area contributed by atoms with Gasteiger partial charge in [0, 0.05) is 11.6 Å². The van der Waals surface area contributed by atoms with Crippen LogP contribution in [-0.4, -0.2) is 15.4 Å². The van der Waals surface area contributed by atoms with Crippen molar-refractivity contribution in [1.29, 1.82) is 0 Å². The molecule has 1 saturated carbocycles. The van der Waals surface area contributed by atoms with E-state index in [0.29, 0.717) is 0 Å². The van der Waals surface area contributed by atoms with E-state index in [9.17, 15) is 0 Å². The second kappa shape index (κ2) is 3.13. The monoisotopic (exact) mass is 248 g/mol. The molecule has 4 heteroatoms. The fourth-order valence-electron chi connectivity index (χ4n) is 1.43. The first-order chi connectivity index (χ1) is 6.44. The molecule has 14 heavy (non-hydrogen) atoms. The standard InChI is InChI=1S/C10H8Cl3N/c1-5-4-6(2-3-7(5)14)8-9(11)10(8,12)13/h2-4,9,14H,1H3/p+1. The van der Waals surface area contributed by atoms with Gasteiger partial charge in [-0.05, 0) is 30.2 Å². The molecule has 0 aromatic heterocycles. The molecular weight excluding hydrogens is 240 g/mol. The summed E-state index contributed by atoms with van der Waals surface area (Å²) in [6.07, 6.45) is 5.68. The lowest BCUT2D eigenvalue weighted by Gasteiger charge is -2.02. The summed E-state index contributed by atoms with van der Waals surface area (Å²) >= 11 is 17.8. The molecule has 0 spiro atoms. The highest BCUT2D eigenvalue weighted by molar-refractivity contribution is 6.60. The average molecular weight is 250 g/mol. The van der Waals surface area contributed by atoms with Crippen molar-refractivity contribution in [3.05, 3.63) is 34.9 Å². The van der Waals surface area contributed by atoms with E-state index in [0.717, 1.165) is 22.4 Å². The van der Waals surface area contributed by atoms with Gasteiger partial charge < -0.3 is 0 Å². The Kier molecular flexibility index (Phi) is 2.30. The lowest BCUT2D eigenvalue weighted by molar-refractivity contribution is -0.111. The highest BCUT2D eigenvalue weighted by Crippen LogP contribution is 2.58. The predicted octanol–water partition coefficient (Wildman–Crippen LogP) is 1.79. The molecule has 0 aliphatic heterocycles. The van der Waals surface area contributed by atoms with Gasteiger partial charge in [0.05, 0.1) is 5.38 Å². The van der Waals surface area contributed by atoms with Crippen molar-refractivity contribution in [2.75, 3.05) is 0 Å². The highest BCUT2D eigenvalue weighted by Gasteiger charge is 2.58. The summed E-state index contributed by atoms with van der Waals surface area (Å²) in [5, 5.41) is 5.42. The Morgan fingerprint density at radius 3 is 2.36 bits per heavy atom. The van der Waals surface area contributed by atoms with Crippen molar-refractivity contribution >= 4 is 40.5 Å². The van der Waals surface area contributed by atoms with Crippen LogP contribution in [0.3, 0.4) is 0 Å². The average Bonchev–Trinajstić information content (AvgIpc) is 2.58. The molecule has 0 heterocycles. The summed E-state index contributed by atoms with van der Waals surface area (Å²) in [7, 11) is 0. The van der Waals surface area contributed by atoms with Gasteiger partial charge in [0.1, 0.15) is 0 Å². The van der Waals surface area contributed by atoms with Crippen molar-refractivity contribution in [2.24, 2.45) is 0 Å². The Morgan fingerprint density at radius 1 is 1.36 bits per heavy atom. The number of allylic oxidation sites excluding steroid dienone is 6. The molecule has 1 atom stereocenters. The van der Waals surface area contributed by atoms with E-state index in [-0.39, 0.29) is 5.38 Å². The van der Waals surface area contributed by atoms with E-state index in [1.807, 2.05) is 25.2 Å². The fourth-order valence-corrected chi connectivity index (χ4v) is 2.44. The van der Waals surface area contributed by atoms with Crippen LogP contribution in [0.2, 0.25) is 0 Å². The maximum atomic E-state index is 5.95. The smallest absolute Gasteiger partial charge is 0.199 e. The number of nitrogens with two attached hydrogens (primary N) is 1. The van der Waals surface area contributed by atoms with Crippen molar-refractivity contribution in [2.45, 2.75) is 16.6 Å². The molecule has 0 bridgehead atoms. The van der Waals surface area contributed by atoms with E-state index < -0.39 is 4.33 Å². The van der Waals surface area contributed by atoms with Crippen molar-refractivity contribution < 1.29 is 5.41 Å². The second-order valence-corrected chi connectivity index (χ2v) is 5.29. The Bertz CT molecular complexity index is 402. The number of hydrogen-bond donors (Lipinski definition) is 1. The maximum absolute atomic E-state index is 5.95. The predicted molar refractivity (Wildman–Crippen MR) is 60.9 cm³/mol. The third kappa shape index (κ3) is 1.44. The Morgan fingerprint density at radius 2 is 1.93 bits per heavy atom. The molecule has 2 aliphatic carbocycles. The van der Waals surface area contributed by atoms with Gasteiger partial charge in [0.2, 0.25) is 0 Å². The zero-order valence-electron chi connectivity index (χ0n) is 7.52. The Hall–Kier alpha value is -0.240. The molecule has 1 nitrogen and oxygen atoms in total. The molecule has 1 unspecified atom stereocenters. The van der Waals surface area contributed by atoms with Crippen molar-refractivity contribution in [3.8, 4) is 0 Å². The number of rotatable bonds is 0. The van der Waals surface area contributed by atoms with Crippen LogP contribution in [0.4, 0.5) is 0 Å². The van der Waals surface area contributed by atoms with Crippen LogP contribution in [0.15, 0.2) is 34.9 Å². The lowest BCUT2D eigenvalue weighted by Crippen LogP contribution is -2.39. The Balaban J connectivity index is 2.41. The first kappa shape index (κ1) is 10.3. The number of alkyl halides is 3. The van der Waals surface area contributed by atoms with E-state index in [1.165, 1.54) is 0 Å². The molecule has 0 amide bonds. The van der Waals surface area contributed by atoms with E-state index >= 15 is 0 Å². The molecule has 0 aromatic carbocycles. The van der Waals surface area contributed by atoms with Gasteiger partial charge in [-0.25, -0.2) is 0 Å². The van der Waals surface area contributed by atoms with E-state index in [1.54, 1.807) is 0 Å². The van der Waals surface area contributed by atoms with Crippen LogP contribution < -0.4 is 5.41 Å². The van der Waals surface area contributed by atoms with Gasteiger partial charge in [-0.2, -0.15) is 0 Å². The van der Waals surface area contributed by atoms with Crippen LogP contribution >= 0.6 is 34.8 Å². The third-order valence-corrected chi connectivity index (χ3v) is 4.04. The third-order valence-electron chi connectivity index (χ3n) is 2.43. The van der Waals surface area contributed by atoms with Gasteiger partial charge >= 0.3 is 0 Å². The molecule has 2 aliphatic rings. The summed E-state index contributed by atoms with van der Waals surface area (Å²) in [6, 6.07) is 0. The molecular formula is C10H9Cl3N+. The molecule has 2 N–H and O–H groups in total. The normalized spacial score (nSPS) is 34.4. The maximum Gasteiger partial charge on any atom is 0.199 e. The highest BCUT2D eigenvalue weighted by atomic mass is 35.5. The summed E-state index contributed by atoms with van der Waals surface area (Å²) in [5.74, 6) is 0. The molecule has 0 saturated heterocycles. The SMILES string of the molecule is CC1=CC(=C2C(Cl)C2(Cl)Cl)C=CC1=[NH2+]. The van der Waals surface area contributed by atoms with Crippen LogP contribution in [0.25, 0.3) is 0 Å². The quantitative estimate of drug-likeness (QED) is 0.634. The molecule has 2 rings (SSSR count). The van der Waals surface area contributed by atoms with Gasteiger partial charge in [0.25, 0.3) is 0 Å². The summed E-state index contributed by atoms with van der Waals surface area (Å²) < 4.78 is -0.899. The van der Waals surface area contributed by atoms with E-state index in [2.05, 4.69) is 0 Å². The lowest BCUT2D eigenvalue weighted by atomic mass is 10.0. The summed E-state index contributed by atoms with van der Waals surface area (Å²) in [4.78, 5) is 0. The Labute approximate surface area is 97.5 Å². The van der Waals surface area contributed by atoms with Gasteiger partial charge in [0.15, 0.2) is 10.0 Å². The minimum Gasteiger partial charge on any atom is -0.254 e. The minimum atomic E-state index is -0.899. The largest absolute Gasteiger partial charge is 0.254 e. The van der Waals surface area contributed by atoms with Gasteiger partial charge in [-0.1, -0.05) is 23.2 Å². The van der Waals surface area contributed by atoms with Crippen LogP contribution in [-0.2, 0) is 0 Å². The minimum absolute atomic E-state index is 0.283. The zero-order valence-corrected chi connectivity index (χ0v) is 9.79. The van der Waals surface area contributed by atoms with Gasteiger partial charge in [-0.3, -0.25) is 5.41 Å². The molecule has 0 aromatic rings. The summed E-state index contributed by atoms with van der Waals surface area (Å²) in [5.41, 5.74) is 3.61. The van der Waals surface area contributed by atoms with Crippen LogP contribution in [0.1, 0.15) is 6.92 Å². The number of hydrogen-bond acceptors (Lipinski definition) is 0.